The molecule has 2 aromatic heterocycles. The quantitative estimate of drug-likeness (QED) is 0.584. The lowest BCUT2D eigenvalue weighted by atomic mass is 9.99. The zero-order chi connectivity index (χ0) is 22.1. The highest BCUT2D eigenvalue weighted by Crippen LogP contribution is 2.29. The number of rotatable bonds is 5. The average Bonchev–Trinajstić information content (AvgIpc) is 3.29. The summed E-state index contributed by atoms with van der Waals surface area (Å²) >= 11 is 0. The number of aromatic nitrogens is 3. The van der Waals surface area contributed by atoms with Crippen LogP contribution in [0.2, 0.25) is 0 Å². The molecule has 10 heteroatoms. The number of amides is 1. The molecule has 0 bridgehead atoms. The Morgan fingerprint density at radius 3 is 2.44 bits per heavy atom. The summed E-state index contributed by atoms with van der Waals surface area (Å²) in [6.45, 7) is 2.04. The third-order valence-electron chi connectivity index (χ3n) is 5.91. The summed E-state index contributed by atoms with van der Waals surface area (Å²) in [5.41, 5.74) is 1.09. The Balaban J connectivity index is 1.21. The predicted molar refractivity (Wildman–Crippen MR) is 115 cm³/mol. The lowest BCUT2D eigenvalue weighted by Crippen LogP contribution is -2.48. The van der Waals surface area contributed by atoms with Crippen molar-refractivity contribution in [2.45, 2.75) is 30.1 Å². The Labute approximate surface area is 186 Å². The van der Waals surface area contributed by atoms with Gasteiger partial charge < -0.3 is 9.42 Å². The molecule has 0 aliphatic carbocycles. The van der Waals surface area contributed by atoms with Crippen molar-refractivity contribution >= 4 is 15.9 Å². The number of benzene rings is 1. The lowest BCUT2D eigenvalue weighted by Gasteiger charge is -2.37. The number of pyridine rings is 1. The van der Waals surface area contributed by atoms with Crippen LogP contribution in [0.1, 0.15) is 41.4 Å². The average molecular weight is 454 g/mol. The van der Waals surface area contributed by atoms with Gasteiger partial charge in [-0.3, -0.25) is 9.78 Å². The Kier molecular flexibility index (Phi) is 5.48. The molecule has 2 fully saturated rings. The third kappa shape index (κ3) is 3.91. The second kappa shape index (κ2) is 8.44. The normalized spacial score (nSPS) is 17.8. The standard InChI is InChI=1S/C22H23N5O4S/c28-22(16-7-9-18(10-8-16)32(29,30)27-12-4-1-5-13-27)26-14-17(15-26)21-24-20(25-31-21)19-6-2-3-11-23-19/h2-3,6-11,17H,1,4-5,12-15H2. The van der Waals surface area contributed by atoms with Crippen molar-refractivity contribution in [2.75, 3.05) is 26.2 Å². The van der Waals surface area contributed by atoms with Gasteiger partial charge >= 0.3 is 0 Å². The molecular formula is C22H23N5O4S. The van der Waals surface area contributed by atoms with Crippen molar-refractivity contribution in [1.29, 1.82) is 0 Å². The zero-order valence-corrected chi connectivity index (χ0v) is 18.2. The van der Waals surface area contributed by atoms with Gasteiger partial charge in [0.25, 0.3) is 5.91 Å². The fourth-order valence-corrected chi connectivity index (χ4v) is 5.52. The first kappa shape index (κ1) is 20.8. The van der Waals surface area contributed by atoms with E-state index in [4.69, 9.17) is 4.52 Å². The maximum absolute atomic E-state index is 12.8. The molecule has 0 spiro atoms. The summed E-state index contributed by atoms with van der Waals surface area (Å²) in [5.74, 6) is 0.740. The number of nitrogens with zero attached hydrogens (tertiary/aromatic N) is 5. The second-order valence-electron chi connectivity index (χ2n) is 8.07. The van der Waals surface area contributed by atoms with Crippen LogP contribution in [0.25, 0.3) is 11.5 Å². The molecule has 9 nitrogen and oxygen atoms in total. The Bertz CT molecular complexity index is 1200. The molecule has 0 radical (unpaired) electrons. The Morgan fingerprint density at radius 1 is 1.00 bits per heavy atom. The minimum absolute atomic E-state index is 0.0253. The first-order chi connectivity index (χ1) is 15.5. The van der Waals surface area contributed by atoms with E-state index in [0.29, 0.717) is 49.2 Å². The number of hydrogen-bond acceptors (Lipinski definition) is 7. The minimum atomic E-state index is -3.51. The van der Waals surface area contributed by atoms with E-state index in [-0.39, 0.29) is 16.7 Å². The predicted octanol–water partition coefficient (Wildman–Crippen LogP) is 2.55. The smallest absolute Gasteiger partial charge is 0.253 e. The first-order valence-corrected chi connectivity index (χ1v) is 12.1. The van der Waals surface area contributed by atoms with Crippen molar-refractivity contribution in [3.8, 4) is 11.5 Å². The molecule has 32 heavy (non-hydrogen) atoms. The van der Waals surface area contributed by atoms with Crippen LogP contribution in [0.5, 0.6) is 0 Å². The minimum Gasteiger partial charge on any atom is -0.338 e. The Morgan fingerprint density at radius 2 is 1.75 bits per heavy atom. The highest BCUT2D eigenvalue weighted by atomic mass is 32.2. The summed E-state index contributed by atoms with van der Waals surface area (Å²) in [5, 5.41) is 3.98. The van der Waals surface area contributed by atoms with E-state index in [2.05, 4.69) is 15.1 Å². The highest BCUT2D eigenvalue weighted by Gasteiger charge is 2.36. The van der Waals surface area contributed by atoms with Crippen molar-refractivity contribution in [2.24, 2.45) is 0 Å². The second-order valence-corrected chi connectivity index (χ2v) is 10.0. The van der Waals surface area contributed by atoms with Crippen molar-refractivity contribution < 1.29 is 17.7 Å². The van der Waals surface area contributed by atoms with Gasteiger partial charge in [-0.25, -0.2) is 8.42 Å². The third-order valence-corrected chi connectivity index (χ3v) is 7.82. The summed E-state index contributed by atoms with van der Waals surface area (Å²) in [6.07, 6.45) is 4.49. The fourth-order valence-electron chi connectivity index (χ4n) is 4.01. The van der Waals surface area contributed by atoms with Crippen LogP contribution in [0.4, 0.5) is 0 Å². The SMILES string of the molecule is O=C(c1ccc(S(=O)(=O)N2CCCCC2)cc1)N1CC(c2nc(-c3ccccn3)no2)C1. The number of hydrogen-bond donors (Lipinski definition) is 0. The fraction of sp³-hybridized carbons (Fsp3) is 0.364. The molecule has 0 atom stereocenters. The molecule has 1 amide bonds. The van der Waals surface area contributed by atoms with Crippen molar-refractivity contribution in [3.05, 3.63) is 60.1 Å². The summed E-state index contributed by atoms with van der Waals surface area (Å²) in [6, 6.07) is 11.7. The van der Waals surface area contributed by atoms with Gasteiger partial charge in [-0.1, -0.05) is 17.6 Å². The van der Waals surface area contributed by atoms with Gasteiger partial charge in [0.05, 0.1) is 10.8 Å². The van der Waals surface area contributed by atoms with Crippen LogP contribution in [0.3, 0.4) is 0 Å². The van der Waals surface area contributed by atoms with Gasteiger partial charge in [-0.05, 0) is 49.2 Å². The van der Waals surface area contributed by atoms with Crippen molar-refractivity contribution in [3.63, 3.8) is 0 Å². The summed E-state index contributed by atoms with van der Waals surface area (Å²) in [7, 11) is -3.51. The van der Waals surface area contributed by atoms with E-state index in [1.807, 2.05) is 12.1 Å². The molecule has 2 aliphatic heterocycles. The molecule has 3 aromatic rings. The van der Waals surface area contributed by atoms with Crippen molar-refractivity contribution in [1.82, 2.24) is 24.3 Å². The van der Waals surface area contributed by atoms with E-state index in [0.717, 1.165) is 19.3 Å². The van der Waals surface area contributed by atoms with E-state index < -0.39 is 10.0 Å². The van der Waals surface area contributed by atoms with E-state index >= 15 is 0 Å². The number of likely N-dealkylation sites (tertiary alicyclic amines) is 1. The molecule has 0 N–H and O–H groups in total. The monoisotopic (exact) mass is 453 g/mol. The number of piperidine rings is 1. The van der Waals surface area contributed by atoms with Gasteiger partial charge in [0.15, 0.2) is 0 Å². The van der Waals surface area contributed by atoms with Crippen LogP contribution in [-0.2, 0) is 10.0 Å². The molecular weight excluding hydrogens is 430 g/mol. The Hall–Kier alpha value is -3.11. The molecule has 0 saturated carbocycles. The molecule has 0 unspecified atom stereocenters. The van der Waals surface area contributed by atoms with Gasteiger partial charge in [0, 0.05) is 37.9 Å². The number of sulfonamides is 1. The van der Waals surface area contributed by atoms with Crippen LogP contribution in [0, 0.1) is 0 Å². The highest BCUT2D eigenvalue weighted by molar-refractivity contribution is 7.89. The molecule has 1 aromatic carbocycles. The number of carbonyl (C=O) groups is 1. The number of carbonyl (C=O) groups excluding carboxylic acids is 1. The van der Waals surface area contributed by atoms with Gasteiger partial charge in [-0.15, -0.1) is 0 Å². The van der Waals surface area contributed by atoms with Gasteiger partial charge in [0.1, 0.15) is 5.69 Å². The summed E-state index contributed by atoms with van der Waals surface area (Å²) in [4.78, 5) is 23.3. The largest absolute Gasteiger partial charge is 0.338 e. The lowest BCUT2D eigenvalue weighted by molar-refractivity contribution is 0.0569. The molecule has 166 valence electrons. The van der Waals surface area contributed by atoms with E-state index in [1.54, 1.807) is 29.3 Å². The van der Waals surface area contributed by atoms with E-state index in [9.17, 15) is 13.2 Å². The van der Waals surface area contributed by atoms with Crippen LogP contribution in [-0.4, -0.2) is 64.8 Å². The maximum Gasteiger partial charge on any atom is 0.253 e. The van der Waals surface area contributed by atoms with Gasteiger partial charge in [0.2, 0.25) is 21.7 Å². The van der Waals surface area contributed by atoms with Crippen LogP contribution < -0.4 is 0 Å². The van der Waals surface area contributed by atoms with Crippen LogP contribution >= 0.6 is 0 Å². The maximum atomic E-state index is 12.8. The molecule has 2 saturated heterocycles. The molecule has 4 heterocycles. The van der Waals surface area contributed by atoms with Crippen LogP contribution in [0.15, 0.2) is 58.1 Å². The molecule has 2 aliphatic rings. The first-order valence-electron chi connectivity index (χ1n) is 10.7. The molecule has 5 rings (SSSR count). The van der Waals surface area contributed by atoms with E-state index in [1.165, 1.54) is 16.4 Å². The van der Waals surface area contributed by atoms with Gasteiger partial charge in [-0.2, -0.15) is 9.29 Å². The summed E-state index contributed by atoms with van der Waals surface area (Å²) < 4.78 is 32.4. The topological polar surface area (TPSA) is 110 Å². The zero-order valence-electron chi connectivity index (χ0n) is 17.4.